The lowest BCUT2D eigenvalue weighted by Crippen LogP contribution is -2.44. The Labute approximate surface area is 90.5 Å². The molecule has 1 fully saturated rings. The highest BCUT2D eigenvalue weighted by Gasteiger charge is 2.53. The largest absolute Gasteiger partial charge is 0.0625 e. The fourth-order valence-corrected chi connectivity index (χ4v) is 3.78. The highest BCUT2D eigenvalue weighted by molar-refractivity contribution is 5.02. The van der Waals surface area contributed by atoms with Crippen LogP contribution in [0.25, 0.3) is 0 Å². The minimum absolute atomic E-state index is 0.440. The van der Waals surface area contributed by atoms with Crippen molar-refractivity contribution < 1.29 is 0 Å². The maximum atomic E-state index is 2.43. The van der Waals surface area contributed by atoms with Gasteiger partial charge in [0.15, 0.2) is 0 Å². The molecule has 0 N–H and O–H groups in total. The third-order valence-corrected chi connectivity index (χ3v) is 4.63. The first-order valence-electron chi connectivity index (χ1n) is 6.10. The van der Waals surface area contributed by atoms with Crippen LogP contribution in [0.5, 0.6) is 0 Å². The molecule has 14 heavy (non-hydrogen) atoms. The van der Waals surface area contributed by atoms with E-state index < -0.39 is 0 Å². The molecule has 0 saturated heterocycles. The highest BCUT2D eigenvalue weighted by atomic mass is 14.6. The van der Waals surface area contributed by atoms with E-state index in [-0.39, 0.29) is 0 Å². The van der Waals surface area contributed by atoms with Crippen LogP contribution in [0.15, 0.2) is 0 Å². The van der Waals surface area contributed by atoms with E-state index >= 15 is 0 Å². The summed E-state index contributed by atoms with van der Waals surface area (Å²) in [6.07, 6.45) is 4.26. The second-order valence-corrected chi connectivity index (χ2v) is 7.43. The average molecular weight is 196 g/mol. The van der Waals surface area contributed by atoms with Gasteiger partial charge in [-0.05, 0) is 35.0 Å². The molecule has 0 spiro atoms. The van der Waals surface area contributed by atoms with Crippen LogP contribution < -0.4 is 0 Å². The zero-order chi connectivity index (χ0) is 11.2. The third-order valence-electron chi connectivity index (χ3n) is 4.63. The molecular weight excluding hydrogens is 168 g/mol. The van der Waals surface area contributed by atoms with Crippen LogP contribution in [0.1, 0.15) is 67.7 Å². The van der Waals surface area contributed by atoms with Crippen molar-refractivity contribution in [1.29, 1.82) is 0 Å². The fraction of sp³-hybridized carbons (Fsp3) is 1.00. The molecule has 1 rings (SSSR count). The minimum Gasteiger partial charge on any atom is -0.0625 e. The lowest BCUT2D eigenvalue weighted by molar-refractivity contribution is -0.0285. The maximum absolute atomic E-state index is 2.43. The van der Waals surface area contributed by atoms with Crippen molar-refractivity contribution >= 4 is 0 Å². The molecule has 1 atom stereocenters. The molecule has 1 aliphatic rings. The van der Waals surface area contributed by atoms with Crippen molar-refractivity contribution in [3.63, 3.8) is 0 Å². The Kier molecular flexibility index (Phi) is 2.80. The molecule has 0 heteroatoms. The number of rotatable bonds is 0. The van der Waals surface area contributed by atoms with E-state index in [1.54, 1.807) is 0 Å². The Morgan fingerprint density at radius 1 is 0.929 bits per heavy atom. The summed E-state index contributed by atoms with van der Waals surface area (Å²) in [5, 5.41) is 0. The van der Waals surface area contributed by atoms with Crippen LogP contribution in [0.2, 0.25) is 0 Å². The highest BCUT2D eigenvalue weighted by Crippen LogP contribution is 2.62. The predicted octanol–water partition coefficient (Wildman–Crippen LogP) is 4.89. The fourth-order valence-electron chi connectivity index (χ4n) is 3.78. The first-order chi connectivity index (χ1) is 6.10. The Morgan fingerprint density at radius 2 is 1.36 bits per heavy atom. The van der Waals surface area contributed by atoms with Crippen LogP contribution in [0.3, 0.4) is 0 Å². The molecule has 0 radical (unpaired) electrons. The lowest BCUT2D eigenvalue weighted by atomic mass is 9.53. The van der Waals surface area contributed by atoms with Crippen molar-refractivity contribution in [2.45, 2.75) is 67.7 Å². The third kappa shape index (κ3) is 1.73. The Morgan fingerprint density at radius 3 is 1.50 bits per heavy atom. The number of hydrogen-bond acceptors (Lipinski definition) is 0. The van der Waals surface area contributed by atoms with Crippen LogP contribution in [-0.4, -0.2) is 0 Å². The molecule has 84 valence electrons. The van der Waals surface area contributed by atoms with Gasteiger partial charge in [-0.1, -0.05) is 54.9 Å². The molecule has 0 aromatic heterocycles. The van der Waals surface area contributed by atoms with Crippen molar-refractivity contribution in [3.8, 4) is 0 Å². The maximum Gasteiger partial charge on any atom is -0.0198 e. The van der Waals surface area contributed by atoms with Crippen molar-refractivity contribution in [1.82, 2.24) is 0 Å². The summed E-state index contributed by atoms with van der Waals surface area (Å²) in [5.74, 6) is 0.924. The average Bonchev–Trinajstić information content (AvgIpc) is 2.28. The van der Waals surface area contributed by atoms with Gasteiger partial charge in [0.2, 0.25) is 0 Å². The zero-order valence-corrected chi connectivity index (χ0v) is 11.2. The van der Waals surface area contributed by atoms with Gasteiger partial charge in [-0.2, -0.15) is 0 Å². The first kappa shape index (κ1) is 12.1. The molecule has 0 bridgehead atoms. The van der Waals surface area contributed by atoms with Crippen LogP contribution in [0, 0.1) is 22.2 Å². The second-order valence-electron chi connectivity index (χ2n) is 7.43. The number of hydrogen-bond donors (Lipinski definition) is 0. The second kappa shape index (κ2) is 3.25. The monoisotopic (exact) mass is 196 g/mol. The summed E-state index contributed by atoms with van der Waals surface area (Å²) in [4.78, 5) is 0. The van der Waals surface area contributed by atoms with Gasteiger partial charge in [0.05, 0.1) is 0 Å². The van der Waals surface area contributed by atoms with E-state index in [0.717, 1.165) is 5.92 Å². The molecule has 0 aromatic carbocycles. The van der Waals surface area contributed by atoms with Crippen LogP contribution >= 0.6 is 0 Å². The van der Waals surface area contributed by atoms with Gasteiger partial charge in [0.25, 0.3) is 0 Å². The van der Waals surface area contributed by atoms with Gasteiger partial charge in [-0.3, -0.25) is 0 Å². The minimum atomic E-state index is 0.440. The van der Waals surface area contributed by atoms with E-state index in [1.165, 1.54) is 19.3 Å². The molecule has 0 aliphatic heterocycles. The van der Waals surface area contributed by atoms with E-state index in [9.17, 15) is 0 Å². The van der Waals surface area contributed by atoms with Gasteiger partial charge < -0.3 is 0 Å². The first-order valence-corrected chi connectivity index (χ1v) is 6.10. The summed E-state index contributed by atoms with van der Waals surface area (Å²) >= 11 is 0. The normalized spacial score (nSPS) is 28.1. The van der Waals surface area contributed by atoms with Gasteiger partial charge in [-0.15, -0.1) is 0 Å². The molecule has 1 aliphatic carbocycles. The van der Waals surface area contributed by atoms with E-state index in [0.29, 0.717) is 16.2 Å². The Bertz CT molecular complexity index is 185. The molecule has 0 heterocycles. The molecule has 1 saturated carbocycles. The molecular formula is C14H28. The summed E-state index contributed by atoms with van der Waals surface area (Å²) in [6.45, 7) is 17.0. The van der Waals surface area contributed by atoms with Gasteiger partial charge in [-0.25, -0.2) is 0 Å². The zero-order valence-electron chi connectivity index (χ0n) is 11.2. The molecule has 0 nitrogen and oxygen atoms in total. The summed E-state index contributed by atoms with van der Waals surface area (Å²) in [6, 6.07) is 0. The molecule has 0 aromatic rings. The van der Waals surface area contributed by atoms with Crippen molar-refractivity contribution in [3.05, 3.63) is 0 Å². The summed E-state index contributed by atoms with van der Waals surface area (Å²) in [5.41, 5.74) is 1.42. The smallest absolute Gasteiger partial charge is 0.0198 e. The topological polar surface area (TPSA) is 0 Å². The Hall–Kier alpha value is 0. The van der Waals surface area contributed by atoms with E-state index in [1.807, 2.05) is 0 Å². The van der Waals surface area contributed by atoms with E-state index in [2.05, 4.69) is 48.5 Å². The van der Waals surface area contributed by atoms with Gasteiger partial charge in [0.1, 0.15) is 0 Å². The van der Waals surface area contributed by atoms with Crippen molar-refractivity contribution in [2.24, 2.45) is 22.2 Å². The SMILES string of the molecule is C[C@H]1CCC(C(C)(C)C)(C(C)(C)C)C1. The lowest BCUT2D eigenvalue weighted by Gasteiger charge is -2.52. The van der Waals surface area contributed by atoms with Crippen LogP contribution in [0.4, 0.5) is 0 Å². The van der Waals surface area contributed by atoms with E-state index in [4.69, 9.17) is 0 Å². The summed E-state index contributed by atoms with van der Waals surface area (Å²) in [7, 11) is 0. The van der Waals surface area contributed by atoms with Crippen LogP contribution in [-0.2, 0) is 0 Å². The summed E-state index contributed by atoms with van der Waals surface area (Å²) < 4.78 is 0. The quantitative estimate of drug-likeness (QED) is 0.518. The predicted molar refractivity (Wildman–Crippen MR) is 64.4 cm³/mol. The van der Waals surface area contributed by atoms with Crippen molar-refractivity contribution in [2.75, 3.05) is 0 Å². The Balaban J connectivity index is 3.05. The van der Waals surface area contributed by atoms with Gasteiger partial charge in [0, 0.05) is 0 Å². The standard InChI is InChI=1S/C14H28/c1-11-8-9-14(10-11,12(2,3)4)13(5,6)7/h11H,8-10H2,1-7H3/t11-/m0/s1. The van der Waals surface area contributed by atoms with Gasteiger partial charge >= 0.3 is 0 Å². The molecule has 0 amide bonds. The molecule has 0 unspecified atom stereocenters.